The van der Waals surface area contributed by atoms with E-state index in [0.29, 0.717) is 13.0 Å². The molecule has 25 heavy (non-hydrogen) atoms. The van der Waals surface area contributed by atoms with E-state index in [2.05, 4.69) is 32.8 Å². The van der Waals surface area contributed by atoms with Gasteiger partial charge >= 0.3 is 0 Å². The molecular formula is C18H21N5O2. The van der Waals surface area contributed by atoms with Gasteiger partial charge in [0.2, 0.25) is 0 Å². The summed E-state index contributed by atoms with van der Waals surface area (Å²) in [5, 5.41) is 10.3. The number of hydrogen-bond donors (Lipinski definition) is 1. The highest BCUT2D eigenvalue weighted by Crippen LogP contribution is 2.38. The molecule has 0 saturated carbocycles. The van der Waals surface area contributed by atoms with E-state index in [4.69, 9.17) is 4.74 Å². The molecule has 1 aliphatic heterocycles. The van der Waals surface area contributed by atoms with Crippen LogP contribution < -0.4 is 9.64 Å². The fourth-order valence-corrected chi connectivity index (χ4v) is 3.52. The summed E-state index contributed by atoms with van der Waals surface area (Å²) < 4.78 is 7.34. The maximum atomic E-state index is 10.3. The summed E-state index contributed by atoms with van der Waals surface area (Å²) in [6.45, 7) is 3.38. The topological polar surface area (TPSA) is 76.3 Å². The summed E-state index contributed by atoms with van der Waals surface area (Å²) in [6, 6.07) is 7.98. The van der Waals surface area contributed by atoms with Crippen LogP contribution in [0.1, 0.15) is 24.9 Å². The van der Waals surface area contributed by atoms with Crippen molar-refractivity contribution in [2.45, 2.75) is 32.0 Å². The number of rotatable bonds is 4. The van der Waals surface area contributed by atoms with Crippen LogP contribution in [0.4, 0.5) is 5.82 Å². The van der Waals surface area contributed by atoms with E-state index < -0.39 is 6.10 Å². The Bertz CT molecular complexity index is 894. The van der Waals surface area contributed by atoms with E-state index in [0.717, 1.165) is 34.8 Å². The van der Waals surface area contributed by atoms with E-state index in [1.807, 2.05) is 22.8 Å². The van der Waals surface area contributed by atoms with Crippen LogP contribution in [-0.2, 0) is 6.54 Å². The molecule has 1 saturated heterocycles. The molecule has 1 N–H and O–H groups in total. The Kier molecular flexibility index (Phi) is 4.01. The number of aliphatic hydroxyl groups excluding tert-OH is 1. The summed E-state index contributed by atoms with van der Waals surface area (Å²) in [4.78, 5) is 15.5. The average molecular weight is 339 g/mol. The predicted molar refractivity (Wildman–Crippen MR) is 94.7 cm³/mol. The molecule has 130 valence electrons. The molecule has 0 radical (unpaired) electrons. The SMILES string of the molecule is CCn1cnc2c(N3C[C@@H](O)C[C@@H]3c3cccc(OC)c3)ncnc21. The van der Waals surface area contributed by atoms with Crippen LogP contribution in [0.15, 0.2) is 36.9 Å². The largest absolute Gasteiger partial charge is 0.497 e. The minimum Gasteiger partial charge on any atom is -0.497 e. The van der Waals surface area contributed by atoms with Crippen LogP contribution >= 0.6 is 0 Å². The standard InChI is InChI=1S/C18H21N5O2/c1-3-22-11-21-16-17(22)19-10-20-18(16)23-9-13(24)8-15(23)12-5-4-6-14(7-12)25-2/h4-7,10-11,13,15,24H,3,8-9H2,1-2H3/t13-,15+/m0/s1. The molecule has 1 fully saturated rings. The third kappa shape index (κ3) is 2.70. The second-order valence-electron chi connectivity index (χ2n) is 6.23. The predicted octanol–water partition coefficient (Wildman–Crippen LogP) is 2.17. The minimum absolute atomic E-state index is 0.0231. The maximum Gasteiger partial charge on any atom is 0.165 e. The number of benzene rings is 1. The number of aliphatic hydroxyl groups is 1. The molecule has 0 unspecified atom stereocenters. The summed E-state index contributed by atoms with van der Waals surface area (Å²) in [5.74, 6) is 1.57. The Labute approximate surface area is 145 Å². The van der Waals surface area contributed by atoms with Crippen LogP contribution in [0.25, 0.3) is 11.2 Å². The lowest BCUT2D eigenvalue weighted by Crippen LogP contribution is -2.25. The summed E-state index contributed by atoms with van der Waals surface area (Å²) in [5.41, 5.74) is 2.68. The van der Waals surface area contributed by atoms with Gasteiger partial charge in [-0.05, 0) is 31.0 Å². The first kappa shape index (κ1) is 15.8. The van der Waals surface area contributed by atoms with Crippen molar-refractivity contribution in [1.29, 1.82) is 0 Å². The van der Waals surface area contributed by atoms with Crippen molar-refractivity contribution < 1.29 is 9.84 Å². The quantitative estimate of drug-likeness (QED) is 0.785. The molecule has 3 heterocycles. The van der Waals surface area contributed by atoms with Gasteiger partial charge < -0.3 is 19.3 Å². The molecule has 0 amide bonds. The monoisotopic (exact) mass is 339 g/mol. The van der Waals surface area contributed by atoms with E-state index >= 15 is 0 Å². The number of aromatic nitrogens is 4. The Hall–Kier alpha value is -2.67. The molecule has 3 aromatic rings. The zero-order valence-corrected chi connectivity index (χ0v) is 14.3. The summed E-state index contributed by atoms with van der Waals surface area (Å²) >= 11 is 0. The highest BCUT2D eigenvalue weighted by molar-refractivity contribution is 5.83. The van der Waals surface area contributed by atoms with Crippen LogP contribution in [0.2, 0.25) is 0 Å². The Morgan fingerprint density at radius 3 is 2.96 bits per heavy atom. The van der Waals surface area contributed by atoms with Gasteiger partial charge in [0.25, 0.3) is 0 Å². The molecule has 0 bridgehead atoms. The number of nitrogens with zero attached hydrogens (tertiary/aromatic N) is 5. The van der Waals surface area contributed by atoms with E-state index in [-0.39, 0.29) is 6.04 Å². The number of anilines is 1. The number of hydrogen-bond acceptors (Lipinski definition) is 6. The third-order valence-corrected chi connectivity index (χ3v) is 4.75. The molecule has 0 spiro atoms. The van der Waals surface area contributed by atoms with Crippen LogP contribution in [0.3, 0.4) is 0 Å². The summed E-state index contributed by atoms with van der Waals surface area (Å²) in [6.07, 6.45) is 3.59. The molecule has 2 aromatic heterocycles. The van der Waals surface area contributed by atoms with Crippen LogP contribution in [-0.4, -0.2) is 44.4 Å². The number of imidazole rings is 1. The van der Waals surface area contributed by atoms with Gasteiger partial charge in [-0.3, -0.25) is 0 Å². The lowest BCUT2D eigenvalue weighted by atomic mass is 10.0. The van der Waals surface area contributed by atoms with Gasteiger partial charge in [0.1, 0.15) is 12.1 Å². The summed E-state index contributed by atoms with van der Waals surface area (Å²) in [7, 11) is 1.66. The van der Waals surface area contributed by atoms with Crippen molar-refractivity contribution in [3.8, 4) is 5.75 Å². The van der Waals surface area contributed by atoms with Gasteiger partial charge in [0.15, 0.2) is 17.0 Å². The molecule has 2 atom stereocenters. The maximum absolute atomic E-state index is 10.3. The van der Waals surface area contributed by atoms with E-state index in [9.17, 15) is 5.11 Å². The number of methoxy groups -OCH3 is 1. The lowest BCUT2D eigenvalue weighted by Gasteiger charge is -2.26. The molecule has 0 aliphatic carbocycles. The van der Waals surface area contributed by atoms with Gasteiger partial charge in [-0.25, -0.2) is 15.0 Å². The van der Waals surface area contributed by atoms with E-state index in [1.54, 1.807) is 19.8 Å². The smallest absolute Gasteiger partial charge is 0.165 e. The average Bonchev–Trinajstić information content (AvgIpc) is 3.24. The molecule has 7 nitrogen and oxygen atoms in total. The van der Waals surface area contributed by atoms with Crippen molar-refractivity contribution in [2.24, 2.45) is 0 Å². The number of β-amino-alcohol motifs (C(OH)–C–C–N with tert-alkyl or cyclic N) is 1. The Morgan fingerprint density at radius 1 is 1.28 bits per heavy atom. The fourth-order valence-electron chi connectivity index (χ4n) is 3.52. The zero-order valence-electron chi connectivity index (χ0n) is 14.3. The van der Waals surface area contributed by atoms with Crippen LogP contribution in [0.5, 0.6) is 5.75 Å². The number of ether oxygens (including phenoxy) is 1. The number of aryl methyl sites for hydroxylation is 1. The van der Waals surface area contributed by atoms with Crippen molar-refractivity contribution in [3.05, 3.63) is 42.5 Å². The minimum atomic E-state index is -0.408. The van der Waals surface area contributed by atoms with Crippen LogP contribution in [0, 0.1) is 0 Å². The molecule has 4 rings (SSSR count). The first-order valence-corrected chi connectivity index (χ1v) is 8.45. The van der Waals surface area contributed by atoms with Gasteiger partial charge in [0.05, 0.1) is 25.6 Å². The van der Waals surface area contributed by atoms with Gasteiger partial charge in [-0.1, -0.05) is 12.1 Å². The molecule has 7 heteroatoms. The van der Waals surface area contributed by atoms with Gasteiger partial charge in [0, 0.05) is 13.1 Å². The molecular weight excluding hydrogens is 318 g/mol. The van der Waals surface area contributed by atoms with E-state index in [1.165, 1.54) is 0 Å². The van der Waals surface area contributed by atoms with Gasteiger partial charge in [-0.15, -0.1) is 0 Å². The van der Waals surface area contributed by atoms with Crippen molar-refractivity contribution >= 4 is 17.0 Å². The van der Waals surface area contributed by atoms with Crippen molar-refractivity contribution in [1.82, 2.24) is 19.5 Å². The van der Waals surface area contributed by atoms with Crippen molar-refractivity contribution in [2.75, 3.05) is 18.6 Å². The Morgan fingerprint density at radius 2 is 2.16 bits per heavy atom. The van der Waals surface area contributed by atoms with Gasteiger partial charge in [-0.2, -0.15) is 0 Å². The fraction of sp³-hybridized carbons (Fsp3) is 0.389. The third-order valence-electron chi connectivity index (χ3n) is 4.75. The van der Waals surface area contributed by atoms with Crippen molar-refractivity contribution in [3.63, 3.8) is 0 Å². The second-order valence-corrected chi connectivity index (χ2v) is 6.23. The second kappa shape index (κ2) is 6.33. The first-order valence-electron chi connectivity index (χ1n) is 8.45. The lowest BCUT2D eigenvalue weighted by molar-refractivity contribution is 0.194. The highest BCUT2D eigenvalue weighted by atomic mass is 16.5. The zero-order chi connectivity index (χ0) is 17.4. The molecule has 1 aliphatic rings. The highest BCUT2D eigenvalue weighted by Gasteiger charge is 2.34. The Balaban J connectivity index is 1.79. The normalized spacial score (nSPS) is 20.4. The number of fused-ring (bicyclic) bond motifs is 1. The molecule has 1 aromatic carbocycles. The first-order chi connectivity index (χ1) is 12.2.